The van der Waals surface area contributed by atoms with Crippen molar-refractivity contribution >= 4 is 17.1 Å². The minimum absolute atomic E-state index is 0.323. The van der Waals surface area contributed by atoms with E-state index in [2.05, 4.69) is 4.98 Å². The molecule has 0 saturated heterocycles. The minimum Gasteiger partial charge on any atom is -0.478 e. The number of hydrogen-bond donors (Lipinski definition) is 1. The molecule has 1 aromatic carbocycles. The fraction of sp³-hybridized carbons (Fsp3) is 0.273. The Kier molecular flexibility index (Phi) is 1.77. The minimum atomic E-state index is -1.30. The number of carboxylic acid groups (broad SMARTS) is 1. The highest BCUT2D eigenvalue weighted by molar-refractivity contribution is 5.92. The molecular formula is C11H8FNO3. The zero-order valence-electron chi connectivity index (χ0n) is 8.24. The van der Waals surface area contributed by atoms with Gasteiger partial charge in [0.25, 0.3) is 0 Å². The van der Waals surface area contributed by atoms with Crippen LogP contribution in [0.2, 0.25) is 0 Å². The summed E-state index contributed by atoms with van der Waals surface area (Å²) in [5, 5.41) is 8.75. The monoisotopic (exact) mass is 221 g/mol. The summed E-state index contributed by atoms with van der Waals surface area (Å²) in [5.41, 5.74) is 0.330. The Hall–Kier alpha value is -1.91. The van der Waals surface area contributed by atoms with Crippen molar-refractivity contribution in [1.82, 2.24) is 4.98 Å². The predicted octanol–water partition coefficient (Wildman–Crippen LogP) is 2.54. The van der Waals surface area contributed by atoms with Gasteiger partial charge in [0.05, 0.1) is 5.56 Å². The molecule has 1 N–H and O–H groups in total. The van der Waals surface area contributed by atoms with Crippen LogP contribution in [0.15, 0.2) is 16.5 Å². The number of aromatic carboxylic acids is 1. The molecule has 0 unspecified atom stereocenters. The molecule has 3 rings (SSSR count). The molecule has 0 amide bonds. The Bertz CT molecular complexity index is 586. The van der Waals surface area contributed by atoms with Crippen LogP contribution in [0.4, 0.5) is 4.39 Å². The van der Waals surface area contributed by atoms with Crippen LogP contribution in [-0.4, -0.2) is 16.1 Å². The number of hydrogen-bond acceptors (Lipinski definition) is 3. The van der Waals surface area contributed by atoms with Crippen LogP contribution in [0.25, 0.3) is 11.1 Å². The Morgan fingerprint density at radius 2 is 2.25 bits per heavy atom. The van der Waals surface area contributed by atoms with Gasteiger partial charge in [-0.2, -0.15) is 0 Å². The summed E-state index contributed by atoms with van der Waals surface area (Å²) in [7, 11) is 0. The first-order valence-corrected chi connectivity index (χ1v) is 4.98. The average Bonchev–Trinajstić information content (AvgIpc) is 2.98. The summed E-state index contributed by atoms with van der Waals surface area (Å²) in [6.45, 7) is 0. The normalized spacial score (nSPS) is 15.6. The number of halogens is 1. The van der Waals surface area contributed by atoms with Crippen molar-refractivity contribution in [3.63, 3.8) is 0 Å². The highest BCUT2D eigenvalue weighted by Crippen LogP contribution is 2.40. The second kappa shape index (κ2) is 3.04. The van der Waals surface area contributed by atoms with E-state index in [1.165, 1.54) is 6.07 Å². The molecule has 1 aliphatic carbocycles. The van der Waals surface area contributed by atoms with Gasteiger partial charge in [0.2, 0.25) is 0 Å². The maximum absolute atomic E-state index is 13.3. The van der Waals surface area contributed by atoms with E-state index in [1.54, 1.807) is 0 Å². The van der Waals surface area contributed by atoms with Crippen molar-refractivity contribution in [3.05, 3.63) is 29.4 Å². The van der Waals surface area contributed by atoms with Crippen molar-refractivity contribution in [2.24, 2.45) is 0 Å². The average molecular weight is 221 g/mol. The maximum atomic E-state index is 13.3. The van der Waals surface area contributed by atoms with Crippen molar-refractivity contribution < 1.29 is 18.7 Å². The van der Waals surface area contributed by atoms with Gasteiger partial charge >= 0.3 is 5.97 Å². The van der Waals surface area contributed by atoms with Gasteiger partial charge in [-0.15, -0.1) is 0 Å². The fourth-order valence-corrected chi connectivity index (χ4v) is 1.64. The molecule has 1 fully saturated rings. The third-order valence-corrected chi connectivity index (χ3v) is 2.65. The van der Waals surface area contributed by atoms with Crippen LogP contribution < -0.4 is 0 Å². The second-order valence-corrected chi connectivity index (χ2v) is 3.93. The van der Waals surface area contributed by atoms with Gasteiger partial charge in [-0.1, -0.05) is 0 Å². The number of aromatic nitrogens is 1. The summed E-state index contributed by atoms with van der Waals surface area (Å²) in [5.74, 6) is -1.18. The lowest BCUT2D eigenvalue weighted by Crippen LogP contribution is -1.99. The fourth-order valence-electron chi connectivity index (χ4n) is 1.64. The van der Waals surface area contributed by atoms with E-state index in [9.17, 15) is 9.18 Å². The molecule has 5 heteroatoms. The topological polar surface area (TPSA) is 63.3 Å². The predicted molar refractivity (Wildman–Crippen MR) is 52.9 cm³/mol. The zero-order valence-corrected chi connectivity index (χ0v) is 8.24. The highest BCUT2D eigenvalue weighted by Gasteiger charge is 2.29. The van der Waals surface area contributed by atoms with Gasteiger partial charge in [0.15, 0.2) is 11.5 Å². The van der Waals surface area contributed by atoms with Crippen molar-refractivity contribution in [1.29, 1.82) is 0 Å². The SMILES string of the molecule is O=C(O)c1cc2oc(C3CC3)nc2cc1F. The summed E-state index contributed by atoms with van der Waals surface area (Å²) >= 11 is 0. The first kappa shape index (κ1) is 9.33. The van der Waals surface area contributed by atoms with Crippen LogP contribution in [0.1, 0.15) is 35.0 Å². The number of benzene rings is 1. The molecule has 0 aliphatic heterocycles. The third kappa shape index (κ3) is 1.36. The van der Waals surface area contributed by atoms with Crippen LogP contribution >= 0.6 is 0 Å². The molecule has 4 nitrogen and oxygen atoms in total. The number of carbonyl (C=O) groups is 1. The number of rotatable bonds is 2. The van der Waals surface area contributed by atoms with Crippen LogP contribution in [-0.2, 0) is 0 Å². The molecule has 82 valence electrons. The highest BCUT2D eigenvalue weighted by atomic mass is 19.1. The van der Waals surface area contributed by atoms with Crippen molar-refractivity contribution in [2.45, 2.75) is 18.8 Å². The summed E-state index contributed by atoms with van der Waals surface area (Å²) < 4.78 is 18.7. The molecule has 0 radical (unpaired) electrons. The van der Waals surface area contributed by atoms with E-state index in [-0.39, 0.29) is 5.56 Å². The van der Waals surface area contributed by atoms with Gasteiger partial charge in [-0.05, 0) is 12.8 Å². The molecule has 1 aliphatic rings. The summed E-state index contributed by atoms with van der Waals surface area (Å²) in [6, 6.07) is 2.29. The standard InChI is InChI=1S/C11H8FNO3/c12-7-4-8-9(3-6(7)11(14)15)16-10(13-8)5-1-2-5/h3-5H,1-2H2,(H,14,15). The molecule has 0 spiro atoms. The smallest absolute Gasteiger partial charge is 0.338 e. The van der Waals surface area contributed by atoms with Gasteiger partial charge in [-0.3, -0.25) is 0 Å². The van der Waals surface area contributed by atoms with Gasteiger partial charge in [0, 0.05) is 18.1 Å². The van der Waals surface area contributed by atoms with Gasteiger partial charge in [0.1, 0.15) is 11.3 Å². The molecule has 2 aromatic rings. The van der Waals surface area contributed by atoms with E-state index in [1.807, 2.05) is 0 Å². The molecule has 1 aromatic heterocycles. The Balaban J connectivity index is 2.19. The Labute approximate surface area is 89.7 Å². The summed E-state index contributed by atoms with van der Waals surface area (Å²) in [6.07, 6.45) is 2.06. The van der Waals surface area contributed by atoms with E-state index in [0.29, 0.717) is 22.9 Å². The molecule has 1 heterocycles. The van der Waals surface area contributed by atoms with E-state index in [0.717, 1.165) is 18.9 Å². The lowest BCUT2D eigenvalue weighted by atomic mass is 10.2. The number of carboxylic acids is 1. The Morgan fingerprint density at radius 1 is 1.50 bits per heavy atom. The van der Waals surface area contributed by atoms with E-state index >= 15 is 0 Å². The quantitative estimate of drug-likeness (QED) is 0.846. The maximum Gasteiger partial charge on any atom is 0.338 e. The lowest BCUT2D eigenvalue weighted by Gasteiger charge is -1.95. The van der Waals surface area contributed by atoms with E-state index in [4.69, 9.17) is 9.52 Å². The Morgan fingerprint density at radius 3 is 2.88 bits per heavy atom. The molecule has 1 saturated carbocycles. The molecule has 0 atom stereocenters. The van der Waals surface area contributed by atoms with E-state index < -0.39 is 11.8 Å². The number of oxazole rings is 1. The zero-order chi connectivity index (χ0) is 11.3. The molecule has 16 heavy (non-hydrogen) atoms. The first-order valence-electron chi connectivity index (χ1n) is 4.98. The van der Waals surface area contributed by atoms with Crippen LogP contribution in [0, 0.1) is 5.82 Å². The third-order valence-electron chi connectivity index (χ3n) is 2.65. The van der Waals surface area contributed by atoms with Gasteiger partial charge in [-0.25, -0.2) is 14.2 Å². The first-order chi connectivity index (χ1) is 7.65. The van der Waals surface area contributed by atoms with Crippen molar-refractivity contribution in [2.75, 3.05) is 0 Å². The second-order valence-electron chi connectivity index (χ2n) is 3.93. The number of nitrogens with zero attached hydrogens (tertiary/aromatic N) is 1. The molecular weight excluding hydrogens is 213 g/mol. The summed E-state index contributed by atoms with van der Waals surface area (Å²) in [4.78, 5) is 14.9. The molecule has 0 bridgehead atoms. The van der Waals surface area contributed by atoms with Crippen LogP contribution in [0.5, 0.6) is 0 Å². The number of fused-ring (bicyclic) bond motifs is 1. The largest absolute Gasteiger partial charge is 0.478 e. The van der Waals surface area contributed by atoms with Crippen molar-refractivity contribution in [3.8, 4) is 0 Å². The lowest BCUT2D eigenvalue weighted by molar-refractivity contribution is 0.0692. The van der Waals surface area contributed by atoms with Gasteiger partial charge < -0.3 is 9.52 Å². The van der Waals surface area contributed by atoms with Crippen LogP contribution in [0.3, 0.4) is 0 Å².